The average molecular weight is 484 g/mol. The third kappa shape index (κ3) is 9.65. The summed E-state index contributed by atoms with van der Waals surface area (Å²) in [5, 5.41) is 9.50. The molecule has 0 aromatic heterocycles. The Morgan fingerprint density at radius 2 is 1.41 bits per heavy atom. The van der Waals surface area contributed by atoms with Gasteiger partial charge >= 0.3 is 24.2 Å². The molecular weight excluding hydrogens is 450 g/mol. The summed E-state index contributed by atoms with van der Waals surface area (Å²) >= 11 is 0. The molecule has 0 saturated carbocycles. The lowest BCUT2D eigenvalue weighted by Crippen LogP contribution is -2.38. The van der Waals surface area contributed by atoms with E-state index in [2.05, 4.69) is 0 Å². The predicted octanol–water partition coefficient (Wildman–Crippen LogP) is 3.76. The summed E-state index contributed by atoms with van der Waals surface area (Å²) in [6, 6.07) is 2.75. The van der Waals surface area contributed by atoms with Crippen LogP contribution >= 0.6 is 0 Å². The summed E-state index contributed by atoms with van der Waals surface area (Å²) in [6.45, 7) is 9.76. The molecule has 1 rings (SSSR count). The first kappa shape index (κ1) is 28.7. The SMILES string of the molecule is CCC(=O)OC(C)CC(c1ccc(OC(=O)OC(C)C)c(OC(=O)OC(C)C)c1)[C@H](N)C(=O)O. The van der Waals surface area contributed by atoms with E-state index in [9.17, 15) is 24.3 Å². The molecule has 11 heteroatoms. The van der Waals surface area contributed by atoms with Crippen LogP contribution < -0.4 is 15.2 Å². The van der Waals surface area contributed by atoms with Crippen LogP contribution in [0.4, 0.5) is 9.59 Å². The Bertz CT molecular complexity index is 867. The van der Waals surface area contributed by atoms with Crippen LogP contribution in [0.3, 0.4) is 0 Å². The molecular formula is C23H33NO10. The second kappa shape index (κ2) is 13.4. The van der Waals surface area contributed by atoms with E-state index in [-0.39, 0.29) is 24.3 Å². The topological polar surface area (TPSA) is 161 Å². The van der Waals surface area contributed by atoms with E-state index >= 15 is 0 Å². The maximum absolute atomic E-state index is 12.1. The molecule has 0 aliphatic carbocycles. The number of carbonyl (C=O) groups is 4. The highest BCUT2D eigenvalue weighted by atomic mass is 16.7. The summed E-state index contributed by atoms with van der Waals surface area (Å²) in [5.41, 5.74) is 6.27. The molecule has 1 aromatic rings. The highest BCUT2D eigenvalue weighted by Gasteiger charge is 2.30. The van der Waals surface area contributed by atoms with Crippen LogP contribution in [0, 0.1) is 0 Å². The Morgan fingerprint density at radius 1 is 0.882 bits per heavy atom. The van der Waals surface area contributed by atoms with Crippen molar-refractivity contribution in [3.63, 3.8) is 0 Å². The predicted molar refractivity (Wildman–Crippen MR) is 120 cm³/mol. The lowest BCUT2D eigenvalue weighted by molar-refractivity contribution is -0.148. The van der Waals surface area contributed by atoms with Gasteiger partial charge in [-0.15, -0.1) is 0 Å². The largest absolute Gasteiger partial charge is 0.514 e. The Morgan fingerprint density at radius 3 is 1.88 bits per heavy atom. The minimum atomic E-state index is -1.36. The van der Waals surface area contributed by atoms with Crippen molar-refractivity contribution >= 4 is 24.2 Å². The molecule has 0 spiro atoms. The second-order valence-corrected chi connectivity index (χ2v) is 8.10. The molecule has 0 amide bonds. The summed E-state index contributed by atoms with van der Waals surface area (Å²) in [6.07, 6.45) is -3.42. The lowest BCUT2D eigenvalue weighted by atomic mass is 9.87. The molecule has 0 saturated heterocycles. The normalized spacial score (nSPS) is 13.6. The number of aliphatic carboxylic acids is 1. The zero-order valence-corrected chi connectivity index (χ0v) is 20.2. The van der Waals surface area contributed by atoms with Crippen molar-refractivity contribution in [2.45, 2.75) is 84.7 Å². The van der Waals surface area contributed by atoms with Gasteiger partial charge in [0.05, 0.1) is 18.3 Å². The maximum atomic E-state index is 12.1. The fourth-order valence-corrected chi connectivity index (χ4v) is 2.91. The molecule has 1 aromatic carbocycles. The molecule has 11 nitrogen and oxygen atoms in total. The van der Waals surface area contributed by atoms with Crippen molar-refractivity contribution in [1.29, 1.82) is 0 Å². The van der Waals surface area contributed by atoms with Crippen LogP contribution in [0.15, 0.2) is 18.2 Å². The van der Waals surface area contributed by atoms with E-state index < -0.39 is 54.5 Å². The van der Waals surface area contributed by atoms with Crippen molar-refractivity contribution < 1.29 is 48.0 Å². The standard InChI is InChI=1S/C23H33NO10/c1-7-19(25)32-14(6)10-16(20(24)21(26)27)15-8-9-17(33-22(28)30-12(2)3)18(11-15)34-23(29)31-13(4)5/h8-9,11-14,16,20H,7,10,24H2,1-6H3,(H,26,27)/t14?,16?,20-/m0/s1. The highest BCUT2D eigenvalue weighted by molar-refractivity contribution is 5.75. The molecule has 190 valence electrons. The van der Waals surface area contributed by atoms with Gasteiger partial charge in [-0.1, -0.05) is 13.0 Å². The number of rotatable bonds is 11. The van der Waals surface area contributed by atoms with Crippen LogP contribution in [0.2, 0.25) is 0 Å². The van der Waals surface area contributed by atoms with Gasteiger partial charge in [-0.25, -0.2) is 9.59 Å². The molecule has 34 heavy (non-hydrogen) atoms. The Balaban J connectivity index is 3.35. The van der Waals surface area contributed by atoms with E-state index in [1.807, 2.05) is 0 Å². The first-order chi connectivity index (χ1) is 15.8. The zero-order valence-electron chi connectivity index (χ0n) is 20.2. The number of esters is 1. The van der Waals surface area contributed by atoms with Gasteiger partial charge in [0.2, 0.25) is 0 Å². The smallest absolute Gasteiger partial charge is 0.480 e. The van der Waals surface area contributed by atoms with Crippen LogP contribution in [-0.4, -0.2) is 53.7 Å². The molecule has 0 fully saturated rings. The number of carbonyl (C=O) groups excluding carboxylic acids is 3. The fourth-order valence-electron chi connectivity index (χ4n) is 2.91. The number of nitrogens with two attached hydrogens (primary N) is 1. The highest BCUT2D eigenvalue weighted by Crippen LogP contribution is 2.35. The number of benzene rings is 1. The summed E-state index contributed by atoms with van der Waals surface area (Å²) in [4.78, 5) is 47.3. The van der Waals surface area contributed by atoms with Gasteiger partial charge < -0.3 is 34.5 Å². The van der Waals surface area contributed by atoms with Crippen molar-refractivity contribution in [3.05, 3.63) is 23.8 Å². The quantitative estimate of drug-likeness (QED) is 0.268. The summed E-state index contributed by atoms with van der Waals surface area (Å²) in [7, 11) is 0. The van der Waals surface area contributed by atoms with Crippen LogP contribution in [0.5, 0.6) is 11.5 Å². The molecule has 2 unspecified atom stereocenters. The van der Waals surface area contributed by atoms with Gasteiger partial charge in [-0.3, -0.25) is 9.59 Å². The second-order valence-electron chi connectivity index (χ2n) is 8.10. The van der Waals surface area contributed by atoms with Gasteiger partial charge in [0.1, 0.15) is 6.04 Å². The first-order valence-electron chi connectivity index (χ1n) is 10.9. The zero-order chi connectivity index (χ0) is 26.0. The minimum Gasteiger partial charge on any atom is -0.480 e. The molecule has 0 heterocycles. The lowest BCUT2D eigenvalue weighted by Gasteiger charge is -2.25. The van der Waals surface area contributed by atoms with Gasteiger partial charge in [-0.05, 0) is 58.7 Å². The molecule has 3 atom stereocenters. The van der Waals surface area contributed by atoms with Crippen LogP contribution in [0.25, 0.3) is 0 Å². The van der Waals surface area contributed by atoms with E-state index in [0.29, 0.717) is 5.56 Å². The third-order valence-electron chi connectivity index (χ3n) is 4.37. The molecule has 0 bridgehead atoms. The third-order valence-corrected chi connectivity index (χ3v) is 4.37. The molecule has 0 radical (unpaired) electrons. The van der Waals surface area contributed by atoms with E-state index in [1.54, 1.807) is 41.5 Å². The van der Waals surface area contributed by atoms with Gasteiger partial charge in [0, 0.05) is 12.3 Å². The number of carboxylic acids is 1. The van der Waals surface area contributed by atoms with Crippen molar-refractivity contribution in [3.8, 4) is 11.5 Å². The average Bonchev–Trinajstić information content (AvgIpc) is 2.71. The summed E-state index contributed by atoms with van der Waals surface area (Å²) in [5.74, 6) is -2.91. The Hall–Kier alpha value is -3.34. The fraction of sp³-hybridized carbons (Fsp3) is 0.565. The monoisotopic (exact) mass is 483 g/mol. The van der Waals surface area contributed by atoms with Crippen molar-refractivity contribution in [2.24, 2.45) is 5.73 Å². The van der Waals surface area contributed by atoms with E-state index in [1.165, 1.54) is 18.2 Å². The van der Waals surface area contributed by atoms with Gasteiger partial charge in [0.15, 0.2) is 11.5 Å². The number of hydrogen-bond donors (Lipinski definition) is 2. The number of hydrogen-bond acceptors (Lipinski definition) is 10. The first-order valence-corrected chi connectivity index (χ1v) is 10.9. The minimum absolute atomic E-state index is 0.0741. The molecule has 0 aliphatic rings. The van der Waals surface area contributed by atoms with Crippen LogP contribution in [-0.2, 0) is 23.8 Å². The van der Waals surface area contributed by atoms with Gasteiger partial charge in [0.25, 0.3) is 0 Å². The summed E-state index contributed by atoms with van der Waals surface area (Å²) < 4.78 is 25.5. The van der Waals surface area contributed by atoms with Crippen molar-refractivity contribution in [1.82, 2.24) is 0 Å². The van der Waals surface area contributed by atoms with Gasteiger partial charge in [-0.2, -0.15) is 0 Å². The molecule has 0 aliphatic heterocycles. The van der Waals surface area contributed by atoms with Crippen molar-refractivity contribution in [2.75, 3.05) is 0 Å². The number of ether oxygens (including phenoxy) is 5. The molecule has 3 N–H and O–H groups in total. The van der Waals surface area contributed by atoms with E-state index in [4.69, 9.17) is 29.4 Å². The Kier molecular flexibility index (Phi) is 11.3. The van der Waals surface area contributed by atoms with Crippen LogP contribution in [0.1, 0.15) is 65.9 Å². The van der Waals surface area contributed by atoms with E-state index in [0.717, 1.165) is 0 Å². The Labute approximate surface area is 198 Å². The maximum Gasteiger partial charge on any atom is 0.514 e. The number of carboxylic acid groups (broad SMARTS) is 1.